The average molecular weight is 322 g/mol. The lowest BCUT2D eigenvalue weighted by Gasteiger charge is -2.17. The standard InChI is InChI=1S/C20H22N2O2/c1-22(2)13-14-12-16(15-8-5-6-9-17(15)21-14)20-18(23-3)10-7-11-19(20)24-4/h5-12H,13H2,1-4H3. The number of nitrogens with zero attached hydrogens (tertiary/aromatic N) is 2. The summed E-state index contributed by atoms with van der Waals surface area (Å²) in [7, 11) is 7.45. The minimum atomic E-state index is 0.773. The zero-order valence-electron chi connectivity index (χ0n) is 14.5. The smallest absolute Gasteiger partial charge is 0.130 e. The summed E-state index contributed by atoms with van der Waals surface area (Å²) in [4.78, 5) is 6.90. The molecule has 0 fully saturated rings. The van der Waals surface area contributed by atoms with Crippen molar-refractivity contribution in [3.05, 3.63) is 54.2 Å². The molecule has 2 aromatic carbocycles. The zero-order valence-corrected chi connectivity index (χ0v) is 14.5. The van der Waals surface area contributed by atoms with Crippen LogP contribution in [0, 0.1) is 0 Å². The van der Waals surface area contributed by atoms with E-state index in [-0.39, 0.29) is 0 Å². The quantitative estimate of drug-likeness (QED) is 0.711. The molecule has 3 aromatic rings. The molecule has 0 bridgehead atoms. The topological polar surface area (TPSA) is 34.6 Å². The second-order valence-electron chi connectivity index (χ2n) is 5.95. The molecule has 0 spiro atoms. The molecule has 0 aliphatic rings. The Morgan fingerprint density at radius 2 is 1.58 bits per heavy atom. The van der Waals surface area contributed by atoms with Crippen molar-refractivity contribution in [1.82, 2.24) is 9.88 Å². The highest BCUT2D eigenvalue weighted by Crippen LogP contribution is 2.41. The molecule has 4 heteroatoms. The van der Waals surface area contributed by atoms with Gasteiger partial charge in [0.25, 0.3) is 0 Å². The Morgan fingerprint density at radius 3 is 2.21 bits per heavy atom. The number of para-hydroxylation sites is 1. The maximum atomic E-state index is 5.60. The number of ether oxygens (including phenoxy) is 2. The second kappa shape index (κ2) is 6.89. The molecule has 0 unspecified atom stereocenters. The van der Waals surface area contributed by atoms with E-state index in [0.717, 1.165) is 45.8 Å². The molecule has 4 nitrogen and oxygen atoms in total. The number of hydrogen-bond donors (Lipinski definition) is 0. The molecule has 3 rings (SSSR count). The predicted octanol–water partition coefficient (Wildman–Crippen LogP) is 3.98. The maximum absolute atomic E-state index is 5.60. The summed E-state index contributed by atoms with van der Waals surface area (Å²) in [5.41, 5.74) is 4.02. The van der Waals surface area contributed by atoms with Crippen LogP contribution < -0.4 is 9.47 Å². The third-order valence-electron chi connectivity index (χ3n) is 3.94. The number of fused-ring (bicyclic) bond motifs is 1. The Balaban J connectivity index is 2.33. The molecule has 0 radical (unpaired) electrons. The molecule has 0 atom stereocenters. The molecule has 0 aliphatic heterocycles. The first-order chi connectivity index (χ1) is 11.6. The summed E-state index contributed by atoms with van der Waals surface area (Å²) in [5, 5.41) is 1.09. The van der Waals surface area contributed by atoms with Gasteiger partial charge in [-0.2, -0.15) is 0 Å². The van der Waals surface area contributed by atoms with Crippen molar-refractivity contribution in [2.24, 2.45) is 0 Å². The number of pyridine rings is 1. The lowest BCUT2D eigenvalue weighted by Crippen LogP contribution is -2.12. The van der Waals surface area contributed by atoms with Crippen LogP contribution in [0.5, 0.6) is 11.5 Å². The number of methoxy groups -OCH3 is 2. The molecule has 124 valence electrons. The Hall–Kier alpha value is -2.59. The molecular weight excluding hydrogens is 300 g/mol. The van der Waals surface area contributed by atoms with Gasteiger partial charge in [0.1, 0.15) is 11.5 Å². The fraction of sp³-hybridized carbons (Fsp3) is 0.250. The molecule has 0 amide bonds. The lowest BCUT2D eigenvalue weighted by molar-refractivity contribution is 0.396. The fourth-order valence-electron chi connectivity index (χ4n) is 2.96. The van der Waals surface area contributed by atoms with Crippen molar-refractivity contribution in [1.29, 1.82) is 0 Å². The molecule has 0 aliphatic carbocycles. The summed E-state index contributed by atoms with van der Waals surface area (Å²) >= 11 is 0. The van der Waals surface area contributed by atoms with Crippen LogP contribution in [0.1, 0.15) is 5.69 Å². The minimum absolute atomic E-state index is 0.773. The first-order valence-electron chi connectivity index (χ1n) is 7.88. The van der Waals surface area contributed by atoms with Crippen LogP contribution in [-0.4, -0.2) is 38.2 Å². The largest absolute Gasteiger partial charge is 0.496 e. The van der Waals surface area contributed by atoms with E-state index in [1.165, 1.54) is 0 Å². The summed E-state index contributed by atoms with van der Waals surface area (Å²) in [6.07, 6.45) is 0. The van der Waals surface area contributed by atoms with Crippen molar-refractivity contribution >= 4 is 10.9 Å². The van der Waals surface area contributed by atoms with Gasteiger partial charge >= 0.3 is 0 Å². The Kier molecular flexibility index (Phi) is 4.67. The van der Waals surface area contributed by atoms with E-state index in [4.69, 9.17) is 14.5 Å². The minimum Gasteiger partial charge on any atom is -0.496 e. The van der Waals surface area contributed by atoms with Crippen LogP contribution in [0.15, 0.2) is 48.5 Å². The molecule has 0 saturated carbocycles. The number of hydrogen-bond acceptors (Lipinski definition) is 4. The van der Waals surface area contributed by atoms with Crippen LogP contribution in [0.2, 0.25) is 0 Å². The van der Waals surface area contributed by atoms with Crippen molar-refractivity contribution in [2.75, 3.05) is 28.3 Å². The number of aromatic nitrogens is 1. The van der Waals surface area contributed by atoms with Crippen molar-refractivity contribution in [3.8, 4) is 22.6 Å². The van der Waals surface area contributed by atoms with E-state index in [1.54, 1.807) is 14.2 Å². The monoisotopic (exact) mass is 322 g/mol. The second-order valence-corrected chi connectivity index (χ2v) is 5.95. The fourth-order valence-corrected chi connectivity index (χ4v) is 2.96. The highest BCUT2D eigenvalue weighted by atomic mass is 16.5. The first-order valence-corrected chi connectivity index (χ1v) is 7.88. The van der Waals surface area contributed by atoms with Gasteiger partial charge in [-0.05, 0) is 38.4 Å². The van der Waals surface area contributed by atoms with Crippen LogP contribution >= 0.6 is 0 Å². The van der Waals surface area contributed by atoms with Gasteiger partial charge in [0, 0.05) is 17.5 Å². The van der Waals surface area contributed by atoms with Crippen LogP contribution in [0.4, 0.5) is 0 Å². The van der Waals surface area contributed by atoms with Gasteiger partial charge in [-0.3, -0.25) is 4.98 Å². The number of benzene rings is 2. The van der Waals surface area contributed by atoms with Crippen molar-refractivity contribution in [3.63, 3.8) is 0 Å². The molecule has 24 heavy (non-hydrogen) atoms. The third-order valence-corrected chi connectivity index (χ3v) is 3.94. The lowest BCUT2D eigenvalue weighted by atomic mass is 9.98. The van der Waals surface area contributed by atoms with E-state index < -0.39 is 0 Å². The Bertz CT molecular complexity index is 837. The summed E-state index contributed by atoms with van der Waals surface area (Å²) in [5.74, 6) is 1.59. The Labute approximate surface area is 142 Å². The van der Waals surface area contributed by atoms with Crippen molar-refractivity contribution < 1.29 is 9.47 Å². The van der Waals surface area contributed by atoms with Gasteiger partial charge in [0.15, 0.2) is 0 Å². The summed E-state index contributed by atoms with van der Waals surface area (Å²) < 4.78 is 11.2. The summed E-state index contributed by atoms with van der Waals surface area (Å²) in [6, 6.07) is 16.1. The molecule has 0 saturated heterocycles. The van der Waals surface area contributed by atoms with Gasteiger partial charge in [-0.25, -0.2) is 0 Å². The average Bonchev–Trinajstić information content (AvgIpc) is 2.59. The predicted molar refractivity (Wildman–Crippen MR) is 97.7 cm³/mol. The third kappa shape index (κ3) is 3.05. The van der Waals surface area contributed by atoms with Gasteiger partial charge in [0.2, 0.25) is 0 Å². The van der Waals surface area contributed by atoms with Gasteiger partial charge in [-0.15, -0.1) is 0 Å². The van der Waals surface area contributed by atoms with Crippen LogP contribution in [0.25, 0.3) is 22.0 Å². The van der Waals surface area contributed by atoms with E-state index in [0.29, 0.717) is 0 Å². The highest BCUT2D eigenvalue weighted by molar-refractivity contribution is 5.98. The Morgan fingerprint density at radius 1 is 0.917 bits per heavy atom. The van der Waals surface area contributed by atoms with E-state index in [1.807, 2.05) is 50.5 Å². The first kappa shape index (κ1) is 16.3. The SMILES string of the molecule is COc1cccc(OC)c1-c1cc(CN(C)C)nc2ccccc12. The number of rotatable bonds is 5. The van der Waals surface area contributed by atoms with Crippen LogP contribution in [-0.2, 0) is 6.54 Å². The zero-order chi connectivity index (χ0) is 17.1. The van der Waals surface area contributed by atoms with Gasteiger partial charge < -0.3 is 14.4 Å². The molecule has 1 heterocycles. The molecular formula is C20H22N2O2. The highest BCUT2D eigenvalue weighted by Gasteiger charge is 2.16. The van der Waals surface area contributed by atoms with Gasteiger partial charge in [0.05, 0.1) is 31.0 Å². The molecule has 1 aromatic heterocycles. The van der Waals surface area contributed by atoms with E-state index >= 15 is 0 Å². The maximum Gasteiger partial charge on any atom is 0.130 e. The van der Waals surface area contributed by atoms with Crippen molar-refractivity contribution in [2.45, 2.75) is 6.54 Å². The normalized spacial score (nSPS) is 11.0. The molecule has 0 N–H and O–H groups in total. The van der Waals surface area contributed by atoms with Gasteiger partial charge in [-0.1, -0.05) is 24.3 Å². The van der Waals surface area contributed by atoms with E-state index in [2.05, 4.69) is 17.0 Å². The van der Waals surface area contributed by atoms with Crippen LogP contribution in [0.3, 0.4) is 0 Å². The van der Waals surface area contributed by atoms with E-state index in [9.17, 15) is 0 Å². The summed E-state index contributed by atoms with van der Waals surface area (Å²) in [6.45, 7) is 0.773.